The van der Waals surface area contributed by atoms with Crippen LogP contribution in [-0.2, 0) is 4.79 Å². The van der Waals surface area contributed by atoms with Crippen molar-refractivity contribution >= 4 is 12.0 Å². The molecule has 6 heteroatoms. The second-order valence-electron chi connectivity index (χ2n) is 5.19. The Labute approximate surface area is 115 Å². The number of carbonyl (C=O) groups is 2. The first-order valence-electron chi connectivity index (χ1n) is 6.83. The van der Waals surface area contributed by atoms with Gasteiger partial charge in [-0.05, 0) is 38.3 Å². The van der Waals surface area contributed by atoms with Gasteiger partial charge in [-0.3, -0.25) is 4.79 Å². The Morgan fingerprint density at radius 2 is 1.84 bits per heavy atom. The number of hydrogen-bond acceptors (Lipinski definition) is 3. The van der Waals surface area contributed by atoms with Crippen molar-refractivity contribution in [1.29, 1.82) is 0 Å². The van der Waals surface area contributed by atoms with E-state index >= 15 is 0 Å². The quantitative estimate of drug-likeness (QED) is 0.448. The molecule has 2 amide bonds. The van der Waals surface area contributed by atoms with Gasteiger partial charge < -0.3 is 21.1 Å². The Morgan fingerprint density at radius 1 is 1.16 bits per heavy atom. The molecule has 0 aromatic heterocycles. The monoisotopic (exact) mass is 273 g/mol. The van der Waals surface area contributed by atoms with Crippen LogP contribution in [0.25, 0.3) is 0 Å². The number of carboxylic acids is 1. The molecule has 4 N–H and O–H groups in total. The molecule has 0 aliphatic carbocycles. The van der Waals surface area contributed by atoms with E-state index in [9.17, 15) is 9.59 Å². The lowest BCUT2D eigenvalue weighted by molar-refractivity contribution is -0.138. The normalized spacial score (nSPS) is 12.2. The molecule has 0 aliphatic rings. The standard InChI is InChI=1S/C13H27N3O3/c1-10(2)7-11(8-12(17)18)9-16-13(19)15-6-4-5-14-3/h10-11,14H,4-9H2,1-3H3,(H,17,18)(H2,15,16,19)/t11-/m0/s1. The Balaban J connectivity index is 3.88. The maximum absolute atomic E-state index is 11.5. The molecular weight excluding hydrogens is 246 g/mol. The lowest BCUT2D eigenvalue weighted by Crippen LogP contribution is -2.39. The molecule has 0 saturated carbocycles. The zero-order chi connectivity index (χ0) is 14.7. The van der Waals surface area contributed by atoms with Gasteiger partial charge in [-0.2, -0.15) is 0 Å². The van der Waals surface area contributed by atoms with Crippen LogP contribution in [-0.4, -0.2) is 43.8 Å². The molecule has 0 rings (SSSR count). The van der Waals surface area contributed by atoms with Crippen LogP contribution < -0.4 is 16.0 Å². The zero-order valence-corrected chi connectivity index (χ0v) is 12.2. The number of nitrogens with one attached hydrogen (secondary N) is 3. The predicted molar refractivity (Wildman–Crippen MR) is 75.1 cm³/mol. The van der Waals surface area contributed by atoms with Gasteiger partial charge in [0.2, 0.25) is 0 Å². The summed E-state index contributed by atoms with van der Waals surface area (Å²) < 4.78 is 0. The van der Waals surface area contributed by atoms with Gasteiger partial charge in [-0.25, -0.2) is 4.79 Å². The average Bonchev–Trinajstić information content (AvgIpc) is 2.30. The molecule has 112 valence electrons. The maximum atomic E-state index is 11.5. The van der Waals surface area contributed by atoms with E-state index in [1.807, 2.05) is 20.9 Å². The fourth-order valence-corrected chi connectivity index (χ4v) is 1.92. The third-order valence-corrected chi connectivity index (χ3v) is 2.71. The first kappa shape index (κ1) is 17.7. The molecule has 0 unspecified atom stereocenters. The van der Waals surface area contributed by atoms with Crippen LogP contribution in [0.1, 0.15) is 33.1 Å². The van der Waals surface area contributed by atoms with Crippen molar-refractivity contribution in [3.05, 3.63) is 0 Å². The topological polar surface area (TPSA) is 90.5 Å². The highest BCUT2D eigenvalue weighted by atomic mass is 16.4. The summed E-state index contributed by atoms with van der Waals surface area (Å²) in [5.41, 5.74) is 0. The molecule has 0 saturated heterocycles. The van der Waals surface area contributed by atoms with Crippen LogP contribution in [0.5, 0.6) is 0 Å². The van der Waals surface area contributed by atoms with E-state index < -0.39 is 5.97 Å². The van der Waals surface area contributed by atoms with Crippen LogP contribution in [0, 0.1) is 11.8 Å². The van der Waals surface area contributed by atoms with E-state index in [0.29, 0.717) is 19.0 Å². The molecule has 1 atom stereocenters. The summed E-state index contributed by atoms with van der Waals surface area (Å²) in [6.07, 6.45) is 1.76. The van der Waals surface area contributed by atoms with E-state index in [2.05, 4.69) is 16.0 Å². The molecule has 0 aromatic rings. The first-order chi connectivity index (χ1) is 8.95. The van der Waals surface area contributed by atoms with Crippen molar-refractivity contribution in [3.8, 4) is 0 Å². The zero-order valence-electron chi connectivity index (χ0n) is 12.2. The Bertz CT molecular complexity index is 270. The van der Waals surface area contributed by atoms with Gasteiger partial charge in [0, 0.05) is 19.5 Å². The van der Waals surface area contributed by atoms with Crippen LogP contribution in [0.15, 0.2) is 0 Å². The van der Waals surface area contributed by atoms with E-state index in [1.54, 1.807) is 0 Å². The van der Waals surface area contributed by atoms with Gasteiger partial charge in [0.1, 0.15) is 0 Å². The smallest absolute Gasteiger partial charge is 0.314 e. The van der Waals surface area contributed by atoms with Crippen molar-refractivity contribution in [3.63, 3.8) is 0 Å². The number of carboxylic acid groups (broad SMARTS) is 1. The summed E-state index contributed by atoms with van der Waals surface area (Å²) in [4.78, 5) is 22.2. The Morgan fingerprint density at radius 3 is 2.37 bits per heavy atom. The number of aliphatic carboxylic acids is 1. The first-order valence-corrected chi connectivity index (χ1v) is 6.83. The molecule has 0 aliphatic heterocycles. The van der Waals surface area contributed by atoms with Gasteiger partial charge in [-0.1, -0.05) is 13.8 Å². The van der Waals surface area contributed by atoms with Crippen LogP contribution in [0.2, 0.25) is 0 Å². The van der Waals surface area contributed by atoms with E-state index in [0.717, 1.165) is 19.4 Å². The summed E-state index contributed by atoms with van der Waals surface area (Å²) >= 11 is 0. The molecule has 6 nitrogen and oxygen atoms in total. The minimum atomic E-state index is -0.818. The fourth-order valence-electron chi connectivity index (χ4n) is 1.92. The van der Waals surface area contributed by atoms with Gasteiger partial charge in [0.15, 0.2) is 0 Å². The maximum Gasteiger partial charge on any atom is 0.314 e. The highest BCUT2D eigenvalue weighted by molar-refractivity contribution is 5.74. The number of rotatable bonds is 10. The number of amides is 2. The third kappa shape index (κ3) is 11.5. The fraction of sp³-hybridized carbons (Fsp3) is 0.846. The molecule has 0 aromatic carbocycles. The number of urea groups is 1. The van der Waals surface area contributed by atoms with Gasteiger partial charge >= 0.3 is 12.0 Å². The number of carbonyl (C=O) groups excluding carboxylic acids is 1. The molecule has 19 heavy (non-hydrogen) atoms. The van der Waals surface area contributed by atoms with Crippen LogP contribution in [0.4, 0.5) is 4.79 Å². The highest BCUT2D eigenvalue weighted by Crippen LogP contribution is 2.14. The number of hydrogen-bond donors (Lipinski definition) is 4. The Hall–Kier alpha value is -1.30. The van der Waals surface area contributed by atoms with E-state index in [-0.39, 0.29) is 18.4 Å². The lowest BCUT2D eigenvalue weighted by atomic mass is 9.94. The molecule has 0 heterocycles. The van der Waals surface area contributed by atoms with Gasteiger partial charge in [-0.15, -0.1) is 0 Å². The summed E-state index contributed by atoms with van der Waals surface area (Å²) in [5, 5.41) is 17.3. The summed E-state index contributed by atoms with van der Waals surface area (Å²) in [5.74, 6) is -0.410. The van der Waals surface area contributed by atoms with Gasteiger partial charge in [0.25, 0.3) is 0 Å². The van der Waals surface area contributed by atoms with Gasteiger partial charge in [0.05, 0.1) is 0 Å². The summed E-state index contributed by atoms with van der Waals surface area (Å²) in [6, 6.07) is -0.227. The minimum Gasteiger partial charge on any atom is -0.481 e. The highest BCUT2D eigenvalue weighted by Gasteiger charge is 2.15. The molecule has 0 spiro atoms. The van der Waals surface area contributed by atoms with E-state index in [4.69, 9.17) is 5.11 Å². The third-order valence-electron chi connectivity index (χ3n) is 2.71. The second kappa shape index (κ2) is 10.6. The van der Waals surface area contributed by atoms with Crippen LogP contribution in [0.3, 0.4) is 0 Å². The summed E-state index contributed by atoms with van der Waals surface area (Å²) in [7, 11) is 1.86. The molecule has 0 fully saturated rings. The van der Waals surface area contributed by atoms with E-state index in [1.165, 1.54) is 0 Å². The Kier molecular flexibility index (Phi) is 9.88. The molecule has 0 radical (unpaired) electrons. The van der Waals surface area contributed by atoms with Crippen molar-refractivity contribution in [2.24, 2.45) is 11.8 Å². The lowest BCUT2D eigenvalue weighted by Gasteiger charge is -2.18. The second-order valence-corrected chi connectivity index (χ2v) is 5.19. The predicted octanol–water partition coefficient (Wildman–Crippen LogP) is 1.03. The minimum absolute atomic E-state index is 0.0134. The molecular formula is C13H27N3O3. The largest absolute Gasteiger partial charge is 0.481 e. The van der Waals surface area contributed by atoms with Crippen molar-refractivity contribution < 1.29 is 14.7 Å². The molecule has 0 bridgehead atoms. The average molecular weight is 273 g/mol. The van der Waals surface area contributed by atoms with Crippen molar-refractivity contribution in [2.75, 3.05) is 26.7 Å². The van der Waals surface area contributed by atoms with Crippen molar-refractivity contribution in [1.82, 2.24) is 16.0 Å². The summed E-state index contributed by atoms with van der Waals surface area (Å²) in [6.45, 7) is 5.97. The van der Waals surface area contributed by atoms with Crippen LogP contribution >= 0.6 is 0 Å². The SMILES string of the molecule is CNCCCNC(=O)NC[C@H](CC(=O)O)CC(C)C. The van der Waals surface area contributed by atoms with Crippen molar-refractivity contribution in [2.45, 2.75) is 33.1 Å².